The zero-order chi connectivity index (χ0) is 26.0. The molecule has 0 saturated carbocycles. The van der Waals surface area contributed by atoms with Gasteiger partial charge in [0, 0.05) is 17.4 Å². The summed E-state index contributed by atoms with van der Waals surface area (Å²) >= 11 is 0. The molecule has 2 aromatic carbocycles. The summed E-state index contributed by atoms with van der Waals surface area (Å²) in [5.74, 6) is -0.640. The highest BCUT2D eigenvalue weighted by molar-refractivity contribution is 7.86. The Hall–Kier alpha value is -1.73. The molecule has 2 aromatic rings. The third kappa shape index (κ3) is 6.34. The molecule has 1 aliphatic rings. The zero-order valence-electron chi connectivity index (χ0n) is 22.6. The third-order valence-corrected chi connectivity index (χ3v) is 8.05. The van der Waals surface area contributed by atoms with Gasteiger partial charge in [0.1, 0.15) is 4.90 Å². The smallest absolute Gasteiger partial charge is 0.297 e. The van der Waals surface area contributed by atoms with Gasteiger partial charge in [-0.2, -0.15) is 8.42 Å². The van der Waals surface area contributed by atoms with E-state index >= 15 is 0 Å². The van der Waals surface area contributed by atoms with Gasteiger partial charge >= 0.3 is 0 Å². The van der Waals surface area contributed by atoms with Crippen LogP contribution in [0.15, 0.2) is 47.4 Å². The van der Waals surface area contributed by atoms with Crippen LogP contribution in [0.2, 0.25) is 0 Å². The standard InChI is InChI=1S/C29H42O5S/c1-20(2)23-16-25(21(3)4)27(26(17-23)22(5)6)35(30,31)34-15-14-29(24-12-10-9-11-13-24)32-18-28(7,8)19-33-29/h9-13,16-17,20-22H,14-15,18-19H2,1-8H3. The fourth-order valence-electron chi connectivity index (χ4n) is 4.38. The molecule has 0 N–H and O–H groups in total. The molecule has 5 nitrogen and oxygen atoms in total. The van der Waals surface area contributed by atoms with Crippen molar-refractivity contribution in [1.82, 2.24) is 0 Å². The zero-order valence-corrected chi connectivity index (χ0v) is 23.4. The van der Waals surface area contributed by atoms with Crippen molar-refractivity contribution in [2.24, 2.45) is 5.41 Å². The highest BCUT2D eigenvalue weighted by atomic mass is 32.2. The summed E-state index contributed by atoms with van der Waals surface area (Å²) in [6.45, 7) is 17.5. The van der Waals surface area contributed by atoms with Gasteiger partial charge in [-0.15, -0.1) is 0 Å². The van der Waals surface area contributed by atoms with E-state index < -0.39 is 15.9 Å². The van der Waals surface area contributed by atoms with Gasteiger partial charge in [-0.1, -0.05) is 97.9 Å². The molecule has 0 aromatic heterocycles. The van der Waals surface area contributed by atoms with Crippen molar-refractivity contribution >= 4 is 10.1 Å². The van der Waals surface area contributed by atoms with Gasteiger partial charge in [-0.05, 0) is 34.4 Å². The Morgan fingerprint density at radius 1 is 0.857 bits per heavy atom. The number of rotatable bonds is 9. The van der Waals surface area contributed by atoms with Gasteiger partial charge in [-0.25, -0.2) is 0 Å². The molecule has 1 saturated heterocycles. The van der Waals surface area contributed by atoms with Crippen molar-refractivity contribution in [1.29, 1.82) is 0 Å². The quantitative estimate of drug-likeness (QED) is 0.343. The van der Waals surface area contributed by atoms with Crippen LogP contribution >= 0.6 is 0 Å². The highest BCUT2D eigenvalue weighted by Gasteiger charge is 2.42. The molecule has 0 radical (unpaired) electrons. The SMILES string of the molecule is CC(C)c1cc(C(C)C)c(S(=O)(=O)OCCC2(c3ccccc3)OCC(C)(C)CO2)c(C(C)C)c1. The van der Waals surface area contributed by atoms with Crippen LogP contribution in [0.5, 0.6) is 0 Å². The molecule has 1 heterocycles. The summed E-state index contributed by atoms with van der Waals surface area (Å²) in [6.07, 6.45) is 0.268. The first-order chi connectivity index (χ1) is 16.3. The summed E-state index contributed by atoms with van der Waals surface area (Å²) in [5.41, 5.74) is 3.52. The van der Waals surface area contributed by atoms with Crippen LogP contribution < -0.4 is 0 Å². The van der Waals surface area contributed by atoms with Crippen LogP contribution in [-0.2, 0) is 29.6 Å². The number of hydrogen-bond donors (Lipinski definition) is 0. The Balaban J connectivity index is 1.92. The lowest BCUT2D eigenvalue weighted by Crippen LogP contribution is -2.46. The van der Waals surface area contributed by atoms with Crippen molar-refractivity contribution < 1.29 is 22.1 Å². The maximum atomic E-state index is 13.6. The average molecular weight is 503 g/mol. The van der Waals surface area contributed by atoms with Gasteiger partial charge in [-0.3, -0.25) is 4.18 Å². The van der Waals surface area contributed by atoms with Crippen molar-refractivity contribution in [3.05, 3.63) is 64.7 Å². The van der Waals surface area contributed by atoms with Crippen molar-refractivity contribution in [2.45, 2.75) is 90.2 Å². The Bertz CT molecular complexity index is 1060. The minimum absolute atomic E-state index is 0.0430. The Labute approximate surface area is 212 Å². The van der Waals surface area contributed by atoms with E-state index in [4.69, 9.17) is 13.7 Å². The van der Waals surface area contributed by atoms with Crippen molar-refractivity contribution in [2.75, 3.05) is 19.8 Å². The van der Waals surface area contributed by atoms with Crippen molar-refractivity contribution in [3.8, 4) is 0 Å². The number of benzene rings is 2. The van der Waals surface area contributed by atoms with E-state index in [1.54, 1.807) is 0 Å². The van der Waals surface area contributed by atoms with Gasteiger partial charge in [0.05, 0.1) is 19.8 Å². The molecule has 1 fully saturated rings. The van der Waals surface area contributed by atoms with Gasteiger partial charge < -0.3 is 9.47 Å². The second-order valence-corrected chi connectivity index (χ2v) is 12.9. The fraction of sp³-hybridized carbons (Fsp3) is 0.586. The molecular formula is C29H42O5S. The van der Waals surface area contributed by atoms with Crippen LogP contribution in [0.1, 0.15) is 102 Å². The monoisotopic (exact) mass is 502 g/mol. The van der Waals surface area contributed by atoms with Crippen LogP contribution in [0.4, 0.5) is 0 Å². The molecule has 194 valence electrons. The first-order valence-corrected chi connectivity index (χ1v) is 14.1. The van der Waals surface area contributed by atoms with E-state index in [1.165, 1.54) is 0 Å². The lowest BCUT2D eigenvalue weighted by atomic mass is 9.89. The van der Waals surface area contributed by atoms with E-state index in [0.717, 1.165) is 22.3 Å². The topological polar surface area (TPSA) is 61.8 Å². The summed E-state index contributed by atoms with van der Waals surface area (Å²) in [5, 5.41) is 0. The van der Waals surface area contributed by atoms with Gasteiger partial charge in [0.15, 0.2) is 5.79 Å². The van der Waals surface area contributed by atoms with Crippen LogP contribution in [-0.4, -0.2) is 28.2 Å². The Kier molecular flexibility index (Phi) is 8.53. The van der Waals surface area contributed by atoms with Crippen molar-refractivity contribution in [3.63, 3.8) is 0 Å². The average Bonchev–Trinajstić information content (AvgIpc) is 2.79. The summed E-state index contributed by atoms with van der Waals surface area (Å²) in [6, 6.07) is 13.8. The first-order valence-electron chi connectivity index (χ1n) is 12.7. The first kappa shape index (κ1) is 27.9. The van der Waals surface area contributed by atoms with Crippen LogP contribution in [0.3, 0.4) is 0 Å². The minimum atomic E-state index is -4.00. The second-order valence-electron chi connectivity index (χ2n) is 11.4. The number of ether oxygens (including phenoxy) is 2. The normalized spacial score (nSPS) is 17.9. The summed E-state index contributed by atoms with van der Waals surface area (Å²) in [7, 11) is -4.00. The maximum absolute atomic E-state index is 13.6. The molecule has 0 bridgehead atoms. The van der Waals surface area contributed by atoms with Crippen LogP contribution in [0.25, 0.3) is 0 Å². The Morgan fingerprint density at radius 2 is 1.37 bits per heavy atom. The van der Waals surface area contributed by atoms with E-state index in [9.17, 15) is 8.42 Å². The molecule has 3 rings (SSSR count). The predicted molar refractivity (Wildman–Crippen MR) is 140 cm³/mol. The maximum Gasteiger partial charge on any atom is 0.297 e. The van der Waals surface area contributed by atoms with E-state index in [1.807, 2.05) is 70.2 Å². The van der Waals surface area contributed by atoms with E-state index in [2.05, 4.69) is 27.7 Å². The predicted octanol–water partition coefficient (Wildman–Crippen LogP) is 7.08. The van der Waals surface area contributed by atoms with E-state index in [-0.39, 0.29) is 30.3 Å². The molecule has 0 spiro atoms. The number of hydrogen-bond acceptors (Lipinski definition) is 5. The molecular weight excluding hydrogens is 460 g/mol. The molecule has 6 heteroatoms. The highest BCUT2D eigenvalue weighted by Crippen LogP contribution is 2.40. The molecule has 35 heavy (non-hydrogen) atoms. The molecule has 0 amide bonds. The summed E-state index contributed by atoms with van der Waals surface area (Å²) < 4.78 is 45.5. The summed E-state index contributed by atoms with van der Waals surface area (Å²) in [4.78, 5) is 0.312. The fourth-order valence-corrected chi connectivity index (χ4v) is 5.96. The molecule has 0 aliphatic carbocycles. The van der Waals surface area contributed by atoms with Gasteiger partial charge in [0.25, 0.3) is 10.1 Å². The molecule has 0 atom stereocenters. The van der Waals surface area contributed by atoms with E-state index in [0.29, 0.717) is 24.0 Å². The van der Waals surface area contributed by atoms with Gasteiger partial charge in [0.2, 0.25) is 0 Å². The minimum Gasteiger partial charge on any atom is -0.345 e. The second kappa shape index (κ2) is 10.7. The molecule has 1 aliphatic heterocycles. The third-order valence-electron chi connectivity index (χ3n) is 6.60. The lowest BCUT2D eigenvalue weighted by Gasteiger charge is -2.43. The van der Waals surface area contributed by atoms with Crippen LogP contribution in [0, 0.1) is 5.41 Å². The lowest BCUT2D eigenvalue weighted by molar-refractivity contribution is -0.312. The molecule has 0 unspecified atom stereocenters. The Morgan fingerprint density at radius 3 is 1.83 bits per heavy atom. The largest absolute Gasteiger partial charge is 0.345 e.